The van der Waals surface area contributed by atoms with E-state index in [9.17, 15) is 13.2 Å². The molecular formula is C14H18F3NO. The third-order valence-electron chi connectivity index (χ3n) is 4.24. The first-order chi connectivity index (χ1) is 8.62. The first kappa shape index (κ1) is 14.2. The van der Waals surface area contributed by atoms with Crippen molar-refractivity contribution in [2.75, 3.05) is 7.11 Å². The molecule has 0 aliphatic heterocycles. The summed E-state index contributed by atoms with van der Waals surface area (Å²) in [4.78, 5) is 0. The summed E-state index contributed by atoms with van der Waals surface area (Å²) in [6.07, 6.45) is -2.90. The number of hydrogen-bond donors (Lipinski definition) is 1. The van der Waals surface area contributed by atoms with E-state index in [1.54, 1.807) is 19.9 Å². The highest BCUT2D eigenvalue weighted by Gasteiger charge is 2.54. The summed E-state index contributed by atoms with van der Waals surface area (Å²) in [6.45, 7) is 3.55. The Labute approximate surface area is 110 Å². The number of rotatable bonds is 3. The van der Waals surface area contributed by atoms with Gasteiger partial charge < -0.3 is 10.5 Å². The number of halogens is 3. The highest BCUT2D eigenvalue weighted by Crippen LogP contribution is 2.52. The minimum Gasteiger partial charge on any atom is -0.497 e. The summed E-state index contributed by atoms with van der Waals surface area (Å²) < 4.78 is 44.5. The van der Waals surface area contributed by atoms with E-state index in [2.05, 4.69) is 0 Å². The second kappa shape index (κ2) is 4.13. The quantitative estimate of drug-likeness (QED) is 0.915. The number of hydrogen-bond acceptors (Lipinski definition) is 2. The van der Waals surface area contributed by atoms with E-state index in [1.807, 2.05) is 0 Å². The van der Waals surface area contributed by atoms with Crippen molar-refractivity contribution < 1.29 is 17.9 Å². The molecule has 19 heavy (non-hydrogen) atoms. The summed E-state index contributed by atoms with van der Waals surface area (Å²) in [5.74, 6) is 0.203. The van der Waals surface area contributed by atoms with Crippen LogP contribution in [-0.4, -0.2) is 12.6 Å². The maximum absolute atomic E-state index is 13.2. The van der Waals surface area contributed by atoms with E-state index < -0.39 is 22.7 Å². The predicted molar refractivity (Wildman–Crippen MR) is 67.2 cm³/mol. The fraction of sp³-hybridized carbons (Fsp3) is 0.571. The summed E-state index contributed by atoms with van der Waals surface area (Å²) in [5, 5.41) is 0. The molecule has 0 heterocycles. The second-order valence-corrected chi connectivity index (χ2v) is 5.69. The van der Waals surface area contributed by atoms with Gasteiger partial charge in [0.2, 0.25) is 0 Å². The fourth-order valence-electron chi connectivity index (χ4n) is 2.46. The molecule has 2 N–H and O–H groups in total. The van der Waals surface area contributed by atoms with Crippen LogP contribution in [0.15, 0.2) is 18.2 Å². The van der Waals surface area contributed by atoms with Crippen LogP contribution in [0.5, 0.6) is 5.75 Å². The summed E-state index contributed by atoms with van der Waals surface area (Å²) in [7, 11) is 1.35. The molecule has 1 aromatic rings. The topological polar surface area (TPSA) is 35.2 Å². The Hall–Kier alpha value is -1.23. The molecule has 0 saturated heterocycles. The highest BCUT2D eigenvalue weighted by atomic mass is 19.4. The Balaban J connectivity index is 2.57. The van der Waals surface area contributed by atoms with Gasteiger partial charge in [-0.3, -0.25) is 0 Å². The van der Waals surface area contributed by atoms with Gasteiger partial charge in [-0.25, -0.2) is 0 Å². The van der Waals surface area contributed by atoms with Crippen LogP contribution >= 0.6 is 0 Å². The molecule has 0 amide bonds. The molecule has 0 atom stereocenters. The van der Waals surface area contributed by atoms with Crippen molar-refractivity contribution in [2.24, 2.45) is 5.73 Å². The zero-order valence-corrected chi connectivity index (χ0v) is 11.3. The predicted octanol–water partition coefficient (Wildman–Crippen LogP) is 3.48. The van der Waals surface area contributed by atoms with Gasteiger partial charge >= 0.3 is 6.18 Å². The largest absolute Gasteiger partial charge is 0.497 e. The van der Waals surface area contributed by atoms with Crippen molar-refractivity contribution in [3.8, 4) is 5.75 Å². The van der Waals surface area contributed by atoms with Crippen LogP contribution in [-0.2, 0) is 11.6 Å². The second-order valence-electron chi connectivity index (χ2n) is 5.69. The average molecular weight is 273 g/mol. The molecule has 0 spiro atoms. The zero-order chi connectivity index (χ0) is 14.5. The maximum Gasteiger partial charge on any atom is 0.416 e. The first-order valence-electron chi connectivity index (χ1n) is 6.16. The lowest BCUT2D eigenvalue weighted by Gasteiger charge is -2.34. The van der Waals surface area contributed by atoms with E-state index in [0.29, 0.717) is 0 Å². The van der Waals surface area contributed by atoms with Crippen molar-refractivity contribution in [3.05, 3.63) is 29.3 Å². The monoisotopic (exact) mass is 273 g/mol. The van der Waals surface area contributed by atoms with E-state index >= 15 is 0 Å². The molecule has 1 fully saturated rings. The summed E-state index contributed by atoms with van der Waals surface area (Å²) in [6, 6.07) is 4.08. The average Bonchev–Trinajstić information content (AvgIpc) is 3.07. The van der Waals surface area contributed by atoms with Crippen molar-refractivity contribution in [1.29, 1.82) is 0 Å². The normalized spacial score (nSPS) is 18.3. The minimum atomic E-state index is -4.41. The van der Waals surface area contributed by atoms with Gasteiger partial charge in [-0.2, -0.15) is 13.2 Å². The van der Waals surface area contributed by atoms with Crippen LogP contribution in [0.4, 0.5) is 13.2 Å². The van der Waals surface area contributed by atoms with Crippen LogP contribution in [0, 0.1) is 0 Å². The van der Waals surface area contributed by atoms with Gasteiger partial charge in [-0.15, -0.1) is 0 Å². The molecule has 0 bridgehead atoms. The molecule has 0 radical (unpaired) electrons. The van der Waals surface area contributed by atoms with Gasteiger partial charge in [0.05, 0.1) is 12.7 Å². The molecule has 2 nitrogen and oxygen atoms in total. The molecule has 0 unspecified atom stereocenters. The maximum atomic E-state index is 13.2. The molecule has 1 saturated carbocycles. The summed E-state index contributed by atoms with van der Waals surface area (Å²) in [5.41, 5.74) is 4.46. The molecule has 1 aliphatic carbocycles. The third-order valence-corrected chi connectivity index (χ3v) is 4.24. The Kier molecular flexibility index (Phi) is 3.08. The molecule has 2 rings (SSSR count). The van der Waals surface area contributed by atoms with Gasteiger partial charge in [-0.1, -0.05) is 19.9 Å². The molecule has 1 aliphatic rings. The van der Waals surface area contributed by atoms with Crippen LogP contribution in [0.3, 0.4) is 0 Å². The van der Waals surface area contributed by atoms with E-state index in [0.717, 1.165) is 18.9 Å². The molecule has 1 aromatic carbocycles. The highest BCUT2D eigenvalue weighted by molar-refractivity contribution is 5.44. The third kappa shape index (κ3) is 2.31. The lowest BCUT2D eigenvalue weighted by atomic mass is 9.74. The Morgan fingerprint density at radius 1 is 1.16 bits per heavy atom. The van der Waals surface area contributed by atoms with E-state index in [-0.39, 0.29) is 11.3 Å². The van der Waals surface area contributed by atoms with Crippen molar-refractivity contribution in [2.45, 2.75) is 43.8 Å². The number of alkyl halides is 3. The number of methoxy groups -OCH3 is 1. The molecule has 106 valence electrons. The van der Waals surface area contributed by atoms with Gasteiger partial charge in [0.15, 0.2) is 0 Å². The minimum absolute atomic E-state index is 0.203. The summed E-state index contributed by atoms with van der Waals surface area (Å²) >= 11 is 0. The zero-order valence-electron chi connectivity index (χ0n) is 11.3. The Bertz CT molecular complexity index is 490. The molecule has 0 aromatic heterocycles. The van der Waals surface area contributed by atoms with Gasteiger partial charge in [0.25, 0.3) is 0 Å². The Morgan fingerprint density at radius 2 is 1.74 bits per heavy atom. The van der Waals surface area contributed by atoms with Gasteiger partial charge in [-0.05, 0) is 30.5 Å². The van der Waals surface area contributed by atoms with Gasteiger partial charge in [0, 0.05) is 11.0 Å². The SMILES string of the molecule is COc1ccc(C(C)(C)C2(N)CC2)c(C(F)(F)F)c1. The van der Waals surface area contributed by atoms with Gasteiger partial charge in [0.1, 0.15) is 5.75 Å². The van der Waals surface area contributed by atoms with Crippen LogP contribution in [0.25, 0.3) is 0 Å². The smallest absolute Gasteiger partial charge is 0.416 e. The first-order valence-corrected chi connectivity index (χ1v) is 6.16. The number of benzene rings is 1. The number of nitrogens with two attached hydrogens (primary N) is 1. The molecular weight excluding hydrogens is 255 g/mol. The molecule has 5 heteroatoms. The lowest BCUT2D eigenvalue weighted by molar-refractivity contribution is -0.138. The van der Waals surface area contributed by atoms with Crippen molar-refractivity contribution >= 4 is 0 Å². The Morgan fingerprint density at radius 3 is 2.16 bits per heavy atom. The number of ether oxygens (including phenoxy) is 1. The van der Waals surface area contributed by atoms with E-state index in [4.69, 9.17) is 10.5 Å². The van der Waals surface area contributed by atoms with Crippen LogP contribution in [0.2, 0.25) is 0 Å². The van der Waals surface area contributed by atoms with E-state index in [1.165, 1.54) is 13.2 Å². The standard InChI is InChI=1S/C14H18F3NO/c1-12(2,13(18)6-7-13)10-5-4-9(19-3)8-11(10)14(15,16)17/h4-5,8H,6-7,18H2,1-3H3. The van der Waals surface area contributed by atoms with Crippen molar-refractivity contribution in [1.82, 2.24) is 0 Å². The van der Waals surface area contributed by atoms with Crippen molar-refractivity contribution in [3.63, 3.8) is 0 Å². The fourth-order valence-corrected chi connectivity index (χ4v) is 2.46. The van der Waals surface area contributed by atoms with Crippen LogP contribution in [0.1, 0.15) is 37.8 Å². The lowest BCUT2D eigenvalue weighted by Crippen LogP contribution is -2.44. The van der Waals surface area contributed by atoms with Crippen LogP contribution < -0.4 is 10.5 Å².